The van der Waals surface area contributed by atoms with Crippen LogP contribution in [0.15, 0.2) is 96.2 Å². The molecule has 0 saturated carbocycles. The predicted octanol–water partition coefficient (Wildman–Crippen LogP) is 6.82. The molecule has 2 N–H and O–H groups in total. The van der Waals surface area contributed by atoms with Crippen molar-refractivity contribution < 1.29 is 26.4 Å². The van der Waals surface area contributed by atoms with Crippen LogP contribution in [-0.2, 0) is 33.8 Å². The third-order valence-electron chi connectivity index (χ3n) is 7.92. The van der Waals surface area contributed by atoms with Gasteiger partial charge < -0.3 is 10.2 Å². The van der Waals surface area contributed by atoms with Crippen LogP contribution in [-0.4, -0.2) is 50.3 Å². The van der Waals surface area contributed by atoms with Crippen LogP contribution in [0, 0.1) is 0 Å². The Morgan fingerprint density at radius 1 is 0.933 bits per heavy atom. The molecule has 11 heteroatoms. The fraction of sp³-hybridized carbons (Fsp3) is 0.294. The molecule has 0 aliphatic carbocycles. The molecule has 0 amide bonds. The summed E-state index contributed by atoms with van der Waals surface area (Å²) in [5.41, 5.74) is 2.07. The zero-order chi connectivity index (χ0) is 32.0. The number of benzene rings is 3. The maximum absolute atomic E-state index is 13.8. The number of nitrogens with one attached hydrogen (secondary N) is 2. The quantitative estimate of drug-likeness (QED) is 0.188. The molecule has 0 atom stereocenters. The van der Waals surface area contributed by atoms with Crippen molar-refractivity contribution in [3.05, 3.63) is 108 Å². The number of sulfonamides is 1. The Labute approximate surface area is 261 Å². The lowest BCUT2D eigenvalue weighted by molar-refractivity contribution is -0.137. The summed E-state index contributed by atoms with van der Waals surface area (Å²) in [5, 5.41) is 3.49. The Morgan fingerprint density at radius 3 is 2.36 bits per heavy atom. The highest BCUT2D eigenvalue weighted by Crippen LogP contribution is 2.39. The molecule has 3 aromatic carbocycles. The molecule has 1 aliphatic heterocycles. The summed E-state index contributed by atoms with van der Waals surface area (Å²) in [6.45, 7) is 1.81. The van der Waals surface area contributed by atoms with Gasteiger partial charge in [0.05, 0.1) is 10.5 Å². The lowest BCUT2D eigenvalue weighted by Crippen LogP contribution is -2.36. The van der Waals surface area contributed by atoms with Crippen molar-refractivity contribution in [3.8, 4) is 11.1 Å². The number of para-hydroxylation sites is 1. The molecule has 5 rings (SSSR count). The lowest BCUT2D eigenvalue weighted by atomic mass is 9.99. The zero-order valence-corrected chi connectivity index (χ0v) is 25.7. The van der Waals surface area contributed by atoms with Crippen LogP contribution < -0.4 is 10.0 Å². The number of pyridine rings is 1. The molecule has 1 saturated heterocycles. The molecule has 7 nitrogen and oxygen atoms in total. The molecule has 0 radical (unpaired) electrons. The van der Waals surface area contributed by atoms with E-state index in [-0.39, 0.29) is 29.5 Å². The largest absolute Gasteiger partial charge is 0.416 e. The number of piperidine rings is 1. The number of hydrogen-bond acceptors (Lipinski definition) is 6. The third-order valence-corrected chi connectivity index (χ3v) is 9.34. The Morgan fingerprint density at radius 2 is 1.67 bits per heavy atom. The summed E-state index contributed by atoms with van der Waals surface area (Å²) in [6, 6.07) is 20.0. The van der Waals surface area contributed by atoms with Gasteiger partial charge in [-0.25, -0.2) is 8.42 Å². The topological polar surface area (TPSA) is 91.4 Å². The van der Waals surface area contributed by atoms with Gasteiger partial charge in [-0.15, -0.1) is 0 Å². The molecule has 0 unspecified atom stereocenters. The van der Waals surface area contributed by atoms with E-state index in [1.807, 2.05) is 24.3 Å². The van der Waals surface area contributed by atoms with Crippen molar-refractivity contribution in [1.29, 1.82) is 0 Å². The number of likely N-dealkylation sites (tertiary alicyclic amines) is 1. The molecule has 45 heavy (non-hydrogen) atoms. The summed E-state index contributed by atoms with van der Waals surface area (Å²) >= 11 is 0. The van der Waals surface area contributed by atoms with Crippen molar-refractivity contribution in [2.75, 3.05) is 30.2 Å². The highest BCUT2D eigenvalue weighted by atomic mass is 32.2. The van der Waals surface area contributed by atoms with E-state index < -0.39 is 26.7 Å². The van der Waals surface area contributed by atoms with Crippen LogP contribution in [0.5, 0.6) is 0 Å². The average Bonchev–Trinajstić information content (AvgIpc) is 3.02. The second-order valence-electron chi connectivity index (χ2n) is 11.4. The number of ketones is 1. The van der Waals surface area contributed by atoms with Crippen LogP contribution in [0.25, 0.3) is 11.1 Å². The van der Waals surface area contributed by atoms with Gasteiger partial charge >= 0.3 is 6.18 Å². The van der Waals surface area contributed by atoms with E-state index in [0.717, 1.165) is 37.6 Å². The number of carbonyl (C=O) groups is 1. The van der Waals surface area contributed by atoms with Gasteiger partial charge in [0.15, 0.2) is 0 Å². The van der Waals surface area contributed by atoms with Crippen LogP contribution in [0.4, 0.5) is 24.5 Å². The van der Waals surface area contributed by atoms with Crippen LogP contribution >= 0.6 is 0 Å². The number of halogens is 3. The van der Waals surface area contributed by atoms with E-state index in [0.29, 0.717) is 35.7 Å². The van der Waals surface area contributed by atoms with E-state index in [4.69, 9.17) is 0 Å². The second-order valence-corrected chi connectivity index (χ2v) is 13.0. The summed E-state index contributed by atoms with van der Waals surface area (Å²) in [4.78, 5) is 18.3. The first-order chi connectivity index (χ1) is 21.5. The van der Waals surface area contributed by atoms with Gasteiger partial charge in [0, 0.05) is 53.8 Å². The van der Waals surface area contributed by atoms with E-state index in [9.17, 15) is 26.4 Å². The summed E-state index contributed by atoms with van der Waals surface area (Å²) in [7, 11) is -2.41. The van der Waals surface area contributed by atoms with Gasteiger partial charge in [0.1, 0.15) is 5.78 Å². The highest BCUT2D eigenvalue weighted by Gasteiger charge is 2.33. The number of alkyl halides is 3. The van der Waals surface area contributed by atoms with Crippen molar-refractivity contribution in [2.24, 2.45) is 0 Å². The van der Waals surface area contributed by atoms with Gasteiger partial charge in [-0.05, 0) is 86.9 Å². The highest BCUT2D eigenvalue weighted by molar-refractivity contribution is 7.92. The first kappa shape index (κ1) is 32.2. The van der Waals surface area contributed by atoms with Gasteiger partial charge in [-0.1, -0.05) is 42.5 Å². The number of anilines is 2. The molecular formula is C34H35F3N4O3S. The normalized spacial score (nSPS) is 14.7. The monoisotopic (exact) mass is 636 g/mol. The fourth-order valence-electron chi connectivity index (χ4n) is 5.41. The van der Waals surface area contributed by atoms with Crippen molar-refractivity contribution in [3.63, 3.8) is 0 Å². The van der Waals surface area contributed by atoms with Crippen molar-refractivity contribution in [2.45, 2.75) is 49.2 Å². The van der Waals surface area contributed by atoms with Gasteiger partial charge in [-0.2, -0.15) is 13.2 Å². The van der Waals surface area contributed by atoms with Crippen molar-refractivity contribution in [1.82, 2.24) is 9.88 Å². The van der Waals surface area contributed by atoms with Gasteiger partial charge in [-0.3, -0.25) is 14.5 Å². The minimum Gasteiger partial charge on any atom is -0.382 e. The first-order valence-corrected chi connectivity index (χ1v) is 16.2. The predicted molar refractivity (Wildman–Crippen MR) is 170 cm³/mol. The maximum Gasteiger partial charge on any atom is 0.416 e. The minimum absolute atomic E-state index is 0.0216. The number of carbonyl (C=O) groups excluding carboxylic acids is 1. The number of aryl methyl sites for hydroxylation is 1. The second kappa shape index (κ2) is 13.8. The Kier molecular flexibility index (Phi) is 9.89. The third kappa shape index (κ3) is 8.49. The molecule has 4 aromatic rings. The number of rotatable bonds is 11. The summed E-state index contributed by atoms with van der Waals surface area (Å²) in [5.74, 6) is 0.0216. The Bertz CT molecular complexity index is 1720. The zero-order valence-electron chi connectivity index (χ0n) is 24.8. The molecule has 0 bridgehead atoms. The molecule has 236 valence electrons. The fourth-order valence-corrected chi connectivity index (χ4v) is 6.71. The standard InChI is InChI=1S/C34H35F3N4O3S/c1-41-19-16-27(17-20-41)39-32-7-3-2-6-30(32)31-15-11-26(34(35,36)37)22-33(31)45(43,44)40-28-12-8-24(9-13-28)21-29(42)14-10-25-5-4-18-38-23-25/h2-9,11-13,15,18,22-23,27,39-40H,10,14,16-17,19-21H2,1H3. The summed E-state index contributed by atoms with van der Waals surface area (Å²) in [6.07, 6.45) is 1.50. The molecular weight excluding hydrogens is 601 g/mol. The molecule has 2 heterocycles. The lowest BCUT2D eigenvalue weighted by Gasteiger charge is -2.31. The average molecular weight is 637 g/mol. The molecule has 1 aliphatic rings. The van der Waals surface area contributed by atoms with E-state index in [1.165, 1.54) is 18.2 Å². The van der Waals surface area contributed by atoms with E-state index in [2.05, 4.69) is 27.0 Å². The Hall–Kier alpha value is -4.22. The Balaban J connectivity index is 1.37. The van der Waals surface area contributed by atoms with Gasteiger partial charge in [0.2, 0.25) is 0 Å². The number of aromatic nitrogens is 1. The first-order valence-electron chi connectivity index (χ1n) is 14.8. The SMILES string of the molecule is CN1CCC(Nc2ccccc2-c2ccc(C(F)(F)F)cc2S(=O)(=O)Nc2ccc(CC(=O)CCc3cccnc3)cc2)CC1. The number of hydrogen-bond donors (Lipinski definition) is 2. The smallest absolute Gasteiger partial charge is 0.382 e. The van der Waals surface area contributed by atoms with E-state index in [1.54, 1.807) is 36.7 Å². The molecule has 0 spiro atoms. The summed E-state index contributed by atoms with van der Waals surface area (Å²) < 4.78 is 71.2. The van der Waals surface area contributed by atoms with Crippen LogP contribution in [0.2, 0.25) is 0 Å². The molecule has 1 fully saturated rings. The molecule has 1 aromatic heterocycles. The minimum atomic E-state index is -4.74. The number of nitrogens with zero attached hydrogens (tertiary/aromatic N) is 2. The maximum atomic E-state index is 13.8. The van der Waals surface area contributed by atoms with E-state index >= 15 is 0 Å². The number of Topliss-reactive ketones (excluding diaryl/α,β-unsaturated/α-hetero) is 1. The van der Waals surface area contributed by atoms with Crippen LogP contribution in [0.1, 0.15) is 36.0 Å². The van der Waals surface area contributed by atoms with Crippen LogP contribution in [0.3, 0.4) is 0 Å². The van der Waals surface area contributed by atoms with Gasteiger partial charge in [0.25, 0.3) is 10.0 Å². The van der Waals surface area contributed by atoms with Crippen molar-refractivity contribution >= 4 is 27.2 Å².